The minimum atomic E-state index is -0.562. The highest BCUT2D eigenvalue weighted by atomic mass is 32.2. The van der Waals surface area contributed by atoms with E-state index in [0.29, 0.717) is 11.3 Å². The third kappa shape index (κ3) is 5.86. The molecule has 0 saturated heterocycles. The Kier molecular flexibility index (Phi) is 7.43. The summed E-state index contributed by atoms with van der Waals surface area (Å²) in [6, 6.07) is 14.4. The molecule has 27 heavy (non-hydrogen) atoms. The van der Waals surface area contributed by atoms with E-state index < -0.39 is 18.5 Å². The average molecular weight is 386 g/mol. The average Bonchev–Trinajstić information content (AvgIpc) is 2.66. The van der Waals surface area contributed by atoms with Crippen molar-refractivity contribution in [3.8, 4) is 0 Å². The first-order chi connectivity index (χ1) is 12.9. The standard InChI is InChI=1S/C20H22N2O4S/c1-14-8-4-5-9-15(14)20(25)26-13-19(24)22(2)12-18(23)21-16-10-6-7-11-17(16)27-3/h4-11H,12-13H2,1-3H3,(H,21,23). The van der Waals surface area contributed by atoms with Crippen molar-refractivity contribution < 1.29 is 19.1 Å². The molecule has 0 unspecified atom stereocenters. The second kappa shape index (κ2) is 9.78. The maximum Gasteiger partial charge on any atom is 0.338 e. The summed E-state index contributed by atoms with van der Waals surface area (Å²) >= 11 is 1.52. The van der Waals surface area contributed by atoms with Crippen LogP contribution in [0.15, 0.2) is 53.4 Å². The Morgan fingerprint density at radius 3 is 2.44 bits per heavy atom. The lowest BCUT2D eigenvalue weighted by molar-refractivity contribution is -0.136. The van der Waals surface area contributed by atoms with Gasteiger partial charge in [0.25, 0.3) is 5.91 Å². The lowest BCUT2D eigenvalue weighted by Gasteiger charge is -2.17. The maximum atomic E-state index is 12.2. The number of hydrogen-bond donors (Lipinski definition) is 1. The molecule has 2 amide bonds. The van der Waals surface area contributed by atoms with Crippen LogP contribution >= 0.6 is 11.8 Å². The maximum absolute atomic E-state index is 12.2. The molecule has 0 saturated carbocycles. The van der Waals surface area contributed by atoms with E-state index in [9.17, 15) is 14.4 Å². The van der Waals surface area contributed by atoms with Gasteiger partial charge in [-0.1, -0.05) is 30.3 Å². The number of carbonyl (C=O) groups is 3. The number of carbonyl (C=O) groups excluding carboxylic acids is 3. The Bertz CT molecular complexity index is 838. The molecule has 0 bridgehead atoms. The van der Waals surface area contributed by atoms with Gasteiger partial charge < -0.3 is 15.0 Å². The van der Waals surface area contributed by atoms with Gasteiger partial charge in [-0.05, 0) is 36.9 Å². The molecule has 2 aromatic carbocycles. The molecule has 0 aliphatic carbocycles. The molecule has 0 spiro atoms. The van der Waals surface area contributed by atoms with Crippen molar-refractivity contribution in [1.82, 2.24) is 4.90 Å². The smallest absolute Gasteiger partial charge is 0.338 e. The van der Waals surface area contributed by atoms with Gasteiger partial charge >= 0.3 is 5.97 Å². The summed E-state index contributed by atoms with van der Waals surface area (Å²) in [4.78, 5) is 38.5. The fraction of sp³-hybridized carbons (Fsp3) is 0.250. The summed E-state index contributed by atoms with van der Waals surface area (Å²) in [5, 5.41) is 2.78. The number of amides is 2. The molecule has 142 valence electrons. The van der Waals surface area contributed by atoms with Crippen molar-refractivity contribution in [3.05, 3.63) is 59.7 Å². The number of nitrogens with one attached hydrogen (secondary N) is 1. The van der Waals surface area contributed by atoms with E-state index in [2.05, 4.69) is 5.32 Å². The van der Waals surface area contributed by atoms with Gasteiger partial charge in [0, 0.05) is 11.9 Å². The summed E-state index contributed by atoms with van der Waals surface area (Å²) in [6.07, 6.45) is 1.92. The van der Waals surface area contributed by atoms with Crippen LogP contribution in [0.25, 0.3) is 0 Å². The molecule has 0 aliphatic heterocycles. The number of rotatable bonds is 7. The van der Waals surface area contributed by atoms with Crippen LogP contribution in [-0.2, 0) is 14.3 Å². The van der Waals surface area contributed by atoms with E-state index in [0.717, 1.165) is 10.5 Å². The van der Waals surface area contributed by atoms with E-state index >= 15 is 0 Å². The third-order valence-electron chi connectivity index (χ3n) is 3.88. The number of esters is 1. The molecule has 2 aromatic rings. The van der Waals surface area contributed by atoms with Crippen LogP contribution in [0.1, 0.15) is 15.9 Å². The van der Waals surface area contributed by atoms with Gasteiger partial charge in [0.05, 0.1) is 17.8 Å². The molecule has 0 heterocycles. The lowest BCUT2D eigenvalue weighted by Crippen LogP contribution is -2.37. The zero-order valence-electron chi connectivity index (χ0n) is 15.5. The van der Waals surface area contributed by atoms with E-state index in [1.807, 2.05) is 30.5 Å². The Morgan fingerprint density at radius 1 is 1.07 bits per heavy atom. The van der Waals surface area contributed by atoms with Crippen LogP contribution in [-0.4, -0.2) is 49.1 Å². The number of aryl methyl sites for hydroxylation is 1. The molecular weight excluding hydrogens is 364 g/mol. The van der Waals surface area contributed by atoms with Crippen molar-refractivity contribution in [2.45, 2.75) is 11.8 Å². The molecular formula is C20H22N2O4S. The summed E-state index contributed by atoms with van der Waals surface area (Å²) in [5.41, 5.74) is 1.89. The Labute approximate surface area is 162 Å². The van der Waals surface area contributed by atoms with Crippen molar-refractivity contribution >= 4 is 35.2 Å². The van der Waals surface area contributed by atoms with E-state index in [4.69, 9.17) is 4.74 Å². The summed E-state index contributed by atoms with van der Waals surface area (Å²) < 4.78 is 5.06. The fourth-order valence-corrected chi connectivity index (χ4v) is 2.91. The zero-order valence-corrected chi connectivity index (χ0v) is 16.3. The molecule has 0 radical (unpaired) electrons. The largest absolute Gasteiger partial charge is 0.452 e. The molecule has 6 nitrogen and oxygen atoms in total. The van der Waals surface area contributed by atoms with Gasteiger partial charge in [-0.15, -0.1) is 11.8 Å². The monoisotopic (exact) mass is 386 g/mol. The first kappa shape index (κ1) is 20.5. The normalized spacial score (nSPS) is 10.2. The number of ether oxygens (including phenoxy) is 1. The summed E-state index contributed by atoms with van der Waals surface area (Å²) in [5.74, 6) is -1.34. The van der Waals surface area contributed by atoms with Gasteiger partial charge in [-0.25, -0.2) is 4.79 Å². The lowest BCUT2D eigenvalue weighted by atomic mass is 10.1. The van der Waals surface area contributed by atoms with Crippen LogP contribution in [0.4, 0.5) is 5.69 Å². The summed E-state index contributed by atoms with van der Waals surface area (Å²) in [7, 11) is 1.49. The van der Waals surface area contributed by atoms with Crippen molar-refractivity contribution in [2.24, 2.45) is 0 Å². The van der Waals surface area contributed by atoms with Crippen molar-refractivity contribution in [3.63, 3.8) is 0 Å². The predicted molar refractivity (Wildman–Crippen MR) is 106 cm³/mol. The molecule has 0 aromatic heterocycles. The van der Waals surface area contributed by atoms with Crippen LogP contribution in [0.2, 0.25) is 0 Å². The van der Waals surface area contributed by atoms with Crippen LogP contribution in [0.5, 0.6) is 0 Å². The third-order valence-corrected chi connectivity index (χ3v) is 4.68. The van der Waals surface area contributed by atoms with E-state index in [1.54, 1.807) is 31.2 Å². The number of thioether (sulfide) groups is 1. The van der Waals surface area contributed by atoms with Gasteiger partial charge in [0.2, 0.25) is 5.91 Å². The number of benzene rings is 2. The molecule has 0 aliphatic rings. The topological polar surface area (TPSA) is 75.7 Å². The highest BCUT2D eigenvalue weighted by molar-refractivity contribution is 7.98. The SMILES string of the molecule is CSc1ccccc1NC(=O)CN(C)C(=O)COC(=O)c1ccccc1C. The summed E-state index contributed by atoms with van der Waals surface area (Å²) in [6.45, 7) is 1.24. The van der Waals surface area contributed by atoms with Crippen molar-refractivity contribution in [2.75, 3.05) is 31.8 Å². The molecule has 0 atom stereocenters. The number of hydrogen-bond acceptors (Lipinski definition) is 5. The first-order valence-corrected chi connectivity index (χ1v) is 9.54. The minimum absolute atomic E-state index is 0.135. The second-order valence-corrected chi connectivity index (χ2v) is 6.74. The number of anilines is 1. The first-order valence-electron chi connectivity index (χ1n) is 8.32. The Morgan fingerprint density at radius 2 is 1.74 bits per heavy atom. The van der Waals surface area contributed by atoms with Crippen LogP contribution in [0, 0.1) is 6.92 Å². The molecule has 7 heteroatoms. The minimum Gasteiger partial charge on any atom is -0.452 e. The van der Waals surface area contributed by atoms with Gasteiger partial charge in [0.1, 0.15) is 0 Å². The van der Waals surface area contributed by atoms with Gasteiger partial charge in [0.15, 0.2) is 6.61 Å². The number of nitrogens with zero attached hydrogens (tertiary/aromatic N) is 1. The predicted octanol–water partition coefficient (Wildman–Crippen LogP) is 2.97. The van der Waals surface area contributed by atoms with Crippen molar-refractivity contribution in [1.29, 1.82) is 0 Å². The molecule has 2 rings (SSSR count). The number of likely N-dealkylation sites (N-methyl/N-ethyl adjacent to an activating group) is 1. The highest BCUT2D eigenvalue weighted by Crippen LogP contribution is 2.24. The Hall–Kier alpha value is -2.80. The fourth-order valence-electron chi connectivity index (χ4n) is 2.36. The molecule has 1 N–H and O–H groups in total. The van der Waals surface area contributed by atoms with Gasteiger partial charge in [-0.2, -0.15) is 0 Å². The van der Waals surface area contributed by atoms with Crippen LogP contribution < -0.4 is 5.32 Å². The Balaban J connectivity index is 1.85. The molecule has 0 fully saturated rings. The van der Waals surface area contributed by atoms with E-state index in [-0.39, 0.29) is 12.5 Å². The second-order valence-electron chi connectivity index (χ2n) is 5.89. The number of para-hydroxylation sites is 1. The van der Waals surface area contributed by atoms with E-state index in [1.165, 1.54) is 23.7 Å². The van der Waals surface area contributed by atoms with Crippen LogP contribution in [0.3, 0.4) is 0 Å². The van der Waals surface area contributed by atoms with Gasteiger partial charge in [-0.3, -0.25) is 9.59 Å². The highest BCUT2D eigenvalue weighted by Gasteiger charge is 2.17. The zero-order chi connectivity index (χ0) is 19.8. The quantitative estimate of drug-likeness (QED) is 0.585.